The Kier molecular flexibility index (Phi) is 5.57. The van der Waals surface area contributed by atoms with E-state index in [0.717, 1.165) is 29.2 Å². The number of nitrogens with one attached hydrogen (secondary N) is 1. The average Bonchev–Trinajstić information content (AvgIpc) is 3.00. The largest absolute Gasteiger partial charge is 0.494 e. The summed E-state index contributed by atoms with van der Waals surface area (Å²) in [5.41, 5.74) is 16.6. The van der Waals surface area contributed by atoms with Crippen LogP contribution in [0.5, 0.6) is 5.88 Å². The van der Waals surface area contributed by atoms with Crippen molar-refractivity contribution in [1.82, 2.24) is 9.88 Å². The Balaban J connectivity index is 1.53. The molecular weight excluding hydrogens is 374 g/mol. The molecule has 0 saturated carbocycles. The Morgan fingerprint density at radius 1 is 1.20 bits per heavy atom. The molecule has 6 N–H and O–H groups in total. The lowest BCUT2D eigenvalue weighted by Crippen LogP contribution is -2.50. The minimum atomic E-state index is -0.916. The van der Waals surface area contributed by atoms with E-state index in [4.69, 9.17) is 16.5 Å². The number of hydrogen-bond donors (Lipinski definition) is 4. The van der Waals surface area contributed by atoms with Crippen molar-refractivity contribution in [2.75, 3.05) is 0 Å². The molecule has 0 bridgehead atoms. The lowest BCUT2D eigenvalue weighted by atomic mass is 9.91. The van der Waals surface area contributed by atoms with E-state index in [0.29, 0.717) is 24.1 Å². The molecule has 0 spiro atoms. The van der Waals surface area contributed by atoms with E-state index in [1.54, 1.807) is 6.08 Å². The van der Waals surface area contributed by atoms with E-state index in [-0.39, 0.29) is 5.88 Å². The van der Waals surface area contributed by atoms with Gasteiger partial charge in [-0.15, -0.1) is 0 Å². The predicted molar refractivity (Wildman–Crippen MR) is 123 cm³/mol. The molecule has 1 aliphatic heterocycles. The third-order valence-electron chi connectivity index (χ3n) is 6.50. The van der Waals surface area contributed by atoms with Crippen LogP contribution in [0, 0.1) is 0 Å². The van der Waals surface area contributed by atoms with Crippen LogP contribution in [0.15, 0.2) is 35.3 Å². The highest BCUT2D eigenvalue weighted by Crippen LogP contribution is 2.32. The summed E-state index contributed by atoms with van der Waals surface area (Å²) in [6.45, 7) is 7.53. The number of aromatic amines is 1. The van der Waals surface area contributed by atoms with Crippen LogP contribution in [0.3, 0.4) is 0 Å². The zero-order chi connectivity index (χ0) is 21.5. The van der Waals surface area contributed by atoms with Gasteiger partial charge in [-0.25, -0.2) is 0 Å². The number of likely N-dealkylation sites (tertiary alicyclic amines) is 1. The molecule has 0 radical (unpaired) electrons. The Bertz CT molecular complexity index is 960. The number of benzene rings is 1. The number of fused-ring (bicyclic) bond motifs is 1. The van der Waals surface area contributed by atoms with Gasteiger partial charge >= 0.3 is 0 Å². The van der Waals surface area contributed by atoms with Crippen molar-refractivity contribution in [3.63, 3.8) is 0 Å². The van der Waals surface area contributed by atoms with Gasteiger partial charge in [0.15, 0.2) is 5.88 Å². The van der Waals surface area contributed by atoms with Gasteiger partial charge in [0.2, 0.25) is 0 Å². The molecule has 2 atom stereocenters. The molecule has 6 heteroatoms. The summed E-state index contributed by atoms with van der Waals surface area (Å²) in [4.78, 5) is 10.4. The summed E-state index contributed by atoms with van der Waals surface area (Å²) in [6, 6.07) is 9.65. The number of H-pyrrole nitrogens is 1. The number of aliphatic imine (C=N–C) groups is 1. The van der Waals surface area contributed by atoms with E-state index in [9.17, 15) is 5.11 Å². The highest BCUT2D eigenvalue weighted by Gasteiger charge is 2.28. The van der Waals surface area contributed by atoms with Crippen LogP contribution in [0.2, 0.25) is 0 Å². The molecule has 1 aromatic carbocycles. The monoisotopic (exact) mass is 407 g/mol. The van der Waals surface area contributed by atoms with Crippen molar-refractivity contribution >= 4 is 17.5 Å². The van der Waals surface area contributed by atoms with Gasteiger partial charge in [-0.1, -0.05) is 18.6 Å². The highest BCUT2D eigenvalue weighted by molar-refractivity contribution is 6.04. The van der Waals surface area contributed by atoms with Crippen LogP contribution >= 0.6 is 0 Å². The van der Waals surface area contributed by atoms with Crippen LogP contribution in [-0.4, -0.2) is 38.4 Å². The second-order valence-electron chi connectivity index (χ2n) is 9.03. The number of aromatic nitrogens is 1. The number of aromatic hydroxyl groups is 1. The van der Waals surface area contributed by atoms with Crippen molar-refractivity contribution < 1.29 is 5.11 Å². The zero-order valence-electron chi connectivity index (χ0n) is 18.2. The minimum Gasteiger partial charge on any atom is -0.494 e. The highest BCUT2D eigenvalue weighted by atomic mass is 16.3. The number of nitrogens with zero attached hydrogens (tertiary/aromatic N) is 2. The van der Waals surface area contributed by atoms with Gasteiger partial charge in [0.05, 0.1) is 22.6 Å². The van der Waals surface area contributed by atoms with Crippen LogP contribution in [0.4, 0.5) is 5.69 Å². The van der Waals surface area contributed by atoms with Crippen molar-refractivity contribution in [3.8, 4) is 5.88 Å². The van der Waals surface area contributed by atoms with Crippen molar-refractivity contribution in [3.05, 3.63) is 52.7 Å². The Morgan fingerprint density at radius 2 is 1.87 bits per heavy atom. The second-order valence-corrected chi connectivity index (χ2v) is 9.03. The summed E-state index contributed by atoms with van der Waals surface area (Å²) in [5.74, 6) is 0.105. The van der Waals surface area contributed by atoms with Crippen LogP contribution in [0.1, 0.15) is 62.4 Å². The van der Waals surface area contributed by atoms with Crippen molar-refractivity contribution in [1.29, 1.82) is 0 Å². The fourth-order valence-corrected chi connectivity index (χ4v) is 4.78. The van der Waals surface area contributed by atoms with E-state index < -0.39 is 5.66 Å². The topological polar surface area (TPSA) is 104 Å². The van der Waals surface area contributed by atoms with Crippen LogP contribution in [-0.2, 0) is 13.0 Å². The van der Waals surface area contributed by atoms with Gasteiger partial charge in [0.25, 0.3) is 0 Å². The molecule has 1 fully saturated rings. The molecule has 4 rings (SSSR count). The molecule has 2 unspecified atom stereocenters. The fourth-order valence-electron chi connectivity index (χ4n) is 4.78. The first kappa shape index (κ1) is 20.8. The Hall–Kier alpha value is -2.41. The summed E-state index contributed by atoms with van der Waals surface area (Å²) in [6.07, 6.45) is 7.91. The molecule has 30 heavy (non-hydrogen) atoms. The van der Waals surface area contributed by atoms with E-state index in [1.807, 2.05) is 25.1 Å². The molecule has 160 valence electrons. The van der Waals surface area contributed by atoms with Gasteiger partial charge in [0.1, 0.15) is 0 Å². The maximum atomic E-state index is 10.4. The molecule has 6 nitrogen and oxygen atoms in total. The lowest BCUT2D eigenvalue weighted by Gasteiger charge is -2.39. The normalized spacial score (nSPS) is 24.1. The zero-order valence-corrected chi connectivity index (χ0v) is 18.2. The Morgan fingerprint density at radius 3 is 2.53 bits per heavy atom. The standard InChI is InChI=1S/C24H33N5O/c1-15-5-4-6-16(2)29(15)14-18-7-9-19(10-8-18)27-17(3)22-20-13-24(25,26)12-11-21(20)28-23(22)30/h7-12,15-16,28,30H,4-6,13-14,25-26H2,1-3H3. The lowest BCUT2D eigenvalue weighted by molar-refractivity contribution is 0.0953. The van der Waals surface area contributed by atoms with Crippen LogP contribution in [0.25, 0.3) is 6.08 Å². The van der Waals surface area contributed by atoms with Gasteiger partial charge in [0, 0.05) is 30.7 Å². The number of piperidine rings is 1. The smallest absolute Gasteiger partial charge is 0.198 e. The summed E-state index contributed by atoms with van der Waals surface area (Å²) in [7, 11) is 0. The van der Waals surface area contributed by atoms with Crippen LogP contribution < -0.4 is 11.5 Å². The van der Waals surface area contributed by atoms with E-state index in [1.165, 1.54) is 24.8 Å². The first-order valence-corrected chi connectivity index (χ1v) is 10.8. The van der Waals surface area contributed by atoms with E-state index >= 15 is 0 Å². The molecule has 1 saturated heterocycles. The molecule has 2 aromatic rings. The number of hydrogen-bond acceptors (Lipinski definition) is 5. The number of rotatable bonds is 4. The third kappa shape index (κ3) is 4.21. The quantitative estimate of drug-likeness (QED) is 0.457. The van der Waals surface area contributed by atoms with E-state index in [2.05, 4.69) is 35.9 Å². The Labute approximate surface area is 178 Å². The molecule has 0 amide bonds. The maximum absolute atomic E-state index is 10.4. The number of nitrogens with two attached hydrogens (primary N) is 2. The summed E-state index contributed by atoms with van der Waals surface area (Å²) >= 11 is 0. The average molecular weight is 408 g/mol. The SMILES string of the molecule is CC(=Nc1ccc(CN2C(C)CCCC2C)cc1)c1c(O)[nH]c2c1CC(N)(N)C=C2. The third-order valence-corrected chi connectivity index (χ3v) is 6.50. The molecular formula is C24H33N5O. The molecule has 1 aliphatic carbocycles. The molecule has 2 aliphatic rings. The van der Waals surface area contributed by atoms with Gasteiger partial charge in [-0.05, 0) is 69.0 Å². The van der Waals surface area contributed by atoms with Crippen molar-refractivity contribution in [2.24, 2.45) is 16.5 Å². The first-order valence-electron chi connectivity index (χ1n) is 10.8. The molecule has 2 heterocycles. The van der Waals surface area contributed by atoms with Crippen molar-refractivity contribution in [2.45, 2.75) is 70.7 Å². The summed E-state index contributed by atoms with van der Waals surface area (Å²) in [5, 5.41) is 10.4. The maximum Gasteiger partial charge on any atom is 0.198 e. The van der Waals surface area contributed by atoms with Gasteiger partial charge in [-0.2, -0.15) is 0 Å². The van der Waals surface area contributed by atoms with Gasteiger partial charge in [-0.3, -0.25) is 9.89 Å². The predicted octanol–water partition coefficient (Wildman–Crippen LogP) is 3.81. The first-order chi connectivity index (χ1) is 14.2. The summed E-state index contributed by atoms with van der Waals surface area (Å²) < 4.78 is 0. The molecule has 1 aromatic heterocycles. The second kappa shape index (κ2) is 8.02. The fraction of sp³-hybridized carbons (Fsp3) is 0.458. The minimum absolute atomic E-state index is 0.105. The van der Waals surface area contributed by atoms with Gasteiger partial charge < -0.3 is 21.6 Å².